The molecule has 3 rings (SSSR count). The van der Waals surface area contributed by atoms with Gasteiger partial charge >= 0.3 is 0 Å². The van der Waals surface area contributed by atoms with E-state index in [1.165, 1.54) is 0 Å². The summed E-state index contributed by atoms with van der Waals surface area (Å²) in [5.74, 6) is 0.447. The van der Waals surface area contributed by atoms with Crippen molar-refractivity contribution in [2.24, 2.45) is 0 Å². The smallest absolute Gasteiger partial charge is 0.128 e. The Morgan fingerprint density at radius 2 is 2.07 bits per heavy atom. The van der Waals surface area contributed by atoms with E-state index in [0.717, 1.165) is 35.0 Å². The zero-order valence-corrected chi connectivity index (χ0v) is 7.75. The molecule has 70 valence electrons. The molecule has 2 heteroatoms. The molecule has 0 fully saturated rings. The summed E-state index contributed by atoms with van der Waals surface area (Å²) < 4.78 is 0. The van der Waals surface area contributed by atoms with Crippen LogP contribution in [0.2, 0.25) is 0 Å². The zero-order valence-electron chi connectivity index (χ0n) is 7.75. The lowest BCUT2D eigenvalue weighted by molar-refractivity contribution is 0.476. The maximum atomic E-state index is 10.0. The molecule has 2 N–H and O–H groups in total. The summed E-state index contributed by atoms with van der Waals surface area (Å²) in [7, 11) is 0. The van der Waals surface area contributed by atoms with Gasteiger partial charge in [-0.3, -0.25) is 0 Å². The van der Waals surface area contributed by atoms with Gasteiger partial charge in [-0.15, -0.1) is 0 Å². The lowest BCUT2D eigenvalue weighted by atomic mass is 10.0. The molecule has 0 atom stereocenters. The van der Waals surface area contributed by atoms with Gasteiger partial charge in [-0.1, -0.05) is 24.3 Å². The van der Waals surface area contributed by atoms with Crippen LogP contribution in [0.4, 0.5) is 5.69 Å². The van der Waals surface area contributed by atoms with Crippen LogP contribution in [0.1, 0.15) is 5.56 Å². The Morgan fingerprint density at radius 3 is 3.00 bits per heavy atom. The molecule has 0 aliphatic carbocycles. The number of rotatable bonds is 0. The largest absolute Gasteiger partial charge is 0.507 e. The molecule has 0 bridgehead atoms. The molecule has 2 nitrogen and oxygen atoms in total. The van der Waals surface area contributed by atoms with Crippen LogP contribution >= 0.6 is 0 Å². The first-order chi connectivity index (χ1) is 6.86. The van der Waals surface area contributed by atoms with Crippen molar-refractivity contribution in [3.63, 3.8) is 0 Å². The summed E-state index contributed by atoms with van der Waals surface area (Å²) in [6.45, 7) is 0.930. The predicted octanol–water partition coefficient (Wildman–Crippen LogP) is 2.51. The predicted molar refractivity (Wildman–Crippen MR) is 57.8 cm³/mol. The highest BCUT2D eigenvalue weighted by molar-refractivity contribution is 5.93. The van der Waals surface area contributed by atoms with Crippen LogP contribution < -0.4 is 5.32 Å². The van der Waals surface area contributed by atoms with Crippen LogP contribution in [-0.4, -0.2) is 11.7 Å². The van der Waals surface area contributed by atoms with Gasteiger partial charge in [-0.2, -0.15) is 0 Å². The Bertz CT molecular complexity index is 505. The van der Waals surface area contributed by atoms with E-state index in [-0.39, 0.29) is 0 Å². The standard InChI is InChI=1S/C12H11NO/c14-12-9-4-2-1-3-8(9)7-11-10(12)5-6-13-11/h1-4,7,13-14H,5-6H2. The lowest BCUT2D eigenvalue weighted by Gasteiger charge is -2.06. The third-order valence-corrected chi connectivity index (χ3v) is 2.82. The Hall–Kier alpha value is -1.70. The van der Waals surface area contributed by atoms with E-state index < -0.39 is 0 Å². The molecule has 0 radical (unpaired) electrons. The summed E-state index contributed by atoms with van der Waals surface area (Å²) in [5, 5.41) is 15.4. The molecule has 1 aliphatic rings. The first-order valence-corrected chi connectivity index (χ1v) is 4.84. The minimum absolute atomic E-state index is 0.447. The van der Waals surface area contributed by atoms with Crippen LogP contribution in [0.15, 0.2) is 30.3 Å². The Labute approximate surface area is 82.2 Å². The molecule has 0 saturated carbocycles. The van der Waals surface area contributed by atoms with E-state index in [2.05, 4.69) is 11.4 Å². The van der Waals surface area contributed by atoms with Gasteiger partial charge in [0.1, 0.15) is 5.75 Å². The maximum absolute atomic E-state index is 10.0. The summed E-state index contributed by atoms with van der Waals surface area (Å²) >= 11 is 0. The van der Waals surface area contributed by atoms with Crippen molar-refractivity contribution >= 4 is 16.5 Å². The number of nitrogens with one attached hydrogen (secondary N) is 1. The number of hydrogen-bond acceptors (Lipinski definition) is 2. The fraction of sp³-hybridized carbons (Fsp3) is 0.167. The van der Waals surface area contributed by atoms with Crippen molar-refractivity contribution in [3.05, 3.63) is 35.9 Å². The second-order valence-electron chi connectivity index (χ2n) is 3.65. The van der Waals surface area contributed by atoms with E-state index in [1.807, 2.05) is 24.3 Å². The summed E-state index contributed by atoms with van der Waals surface area (Å²) in [6, 6.07) is 10.0. The molecule has 0 aromatic heterocycles. The molecule has 0 amide bonds. The van der Waals surface area contributed by atoms with Crippen LogP contribution in [-0.2, 0) is 6.42 Å². The third kappa shape index (κ3) is 0.909. The van der Waals surface area contributed by atoms with Crippen molar-refractivity contribution in [3.8, 4) is 5.75 Å². The SMILES string of the molecule is Oc1c2c(cc3ccccc13)NCC2. The number of phenols is 1. The van der Waals surface area contributed by atoms with Crippen molar-refractivity contribution in [1.29, 1.82) is 0 Å². The second-order valence-corrected chi connectivity index (χ2v) is 3.65. The Balaban J connectivity index is 2.44. The van der Waals surface area contributed by atoms with Crippen LogP contribution in [0.25, 0.3) is 10.8 Å². The number of phenolic OH excluding ortho intramolecular Hbond substituents is 1. The molecule has 2 aromatic rings. The van der Waals surface area contributed by atoms with Gasteiger partial charge < -0.3 is 10.4 Å². The monoisotopic (exact) mass is 185 g/mol. The first kappa shape index (κ1) is 7.68. The molecular weight excluding hydrogens is 174 g/mol. The van der Waals surface area contributed by atoms with Gasteiger partial charge in [0.25, 0.3) is 0 Å². The van der Waals surface area contributed by atoms with E-state index in [9.17, 15) is 5.11 Å². The van der Waals surface area contributed by atoms with Crippen molar-refractivity contribution in [2.75, 3.05) is 11.9 Å². The fourth-order valence-electron chi connectivity index (χ4n) is 2.10. The van der Waals surface area contributed by atoms with Gasteiger partial charge in [0.05, 0.1) is 0 Å². The van der Waals surface area contributed by atoms with Crippen LogP contribution in [0.5, 0.6) is 5.75 Å². The van der Waals surface area contributed by atoms with E-state index >= 15 is 0 Å². The van der Waals surface area contributed by atoms with Gasteiger partial charge in [-0.05, 0) is 17.9 Å². The van der Waals surface area contributed by atoms with E-state index in [1.54, 1.807) is 0 Å². The molecule has 0 saturated heterocycles. The summed E-state index contributed by atoms with van der Waals surface area (Å²) in [4.78, 5) is 0. The average Bonchev–Trinajstić information content (AvgIpc) is 2.66. The number of benzene rings is 2. The third-order valence-electron chi connectivity index (χ3n) is 2.82. The van der Waals surface area contributed by atoms with E-state index in [0.29, 0.717) is 5.75 Å². The molecule has 1 aliphatic heterocycles. The molecular formula is C12H11NO. The minimum Gasteiger partial charge on any atom is -0.507 e. The highest BCUT2D eigenvalue weighted by Gasteiger charge is 2.16. The number of aromatic hydroxyl groups is 1. The number of anilines is 1. The maximum Gasteiger partial charge on any atom is 0.128 e. The topological polar surface area (TPSA) is 32.3 Å². The summed E-state index contributed by atoms with van der Waals surface area (Å²) in [6.07, 6.45) is 0.923. The quantitative estimate of drug-likeness (QED) is 0.661. The number of hydrogen-bond donors (Lipinski definition) is 2. The Kier molecular flexibility index (Phi) is 1.45. The van der Waals surface area contributed by atoms with Gasteiger partial charge in [0, 0.05) is 23.2 Å². The highest BCUT2D eigenvalue weighted by Crippen LogP contribution is 2.37. The van der Waals surface area contributed by atoms with Crippen LogP contribution in [0, 0.1) is 0 Å². The molecule has 0 spiro atoms. The molecule has 14 heavy (non-hydrogen) atoms. The van der Waals surface area contributed by atoms with Gasteiger partial charge in [-0.25, -0.2) is 0 Å². The van der Waals surface area contributed by atoms with Crippen molar-refractivity contribution in [1.82, 2.24) is 0 Å². The Morgan fingerprint density at radius 1 is 1.21 bits per heavy atom. The highest BCUT2D eigenvalue weighted by atomic mass is 16.3. The van der Waals surface area contributed by atoms with Gasteiger partial charge in [0.2, 0.25) is 0 Å². The molecule has 0 unspecified atom stereocenters. The van der Waals surface area contributed by atoms with Crippen molar-refractivity contribution < 1.29 is 5.11 Å². The fourth-order valence-corrected chi connectivity index (χ4v) is 2.10. The zero-order chi connectivity index (χ0) is 9.54. The van der Waals surface area contributed by atoms with Crippen molar-refractivity contribution in [2.45, 2.75) is 6.42 Å². The molecule has 2 aromatic carbocycles. The normalized spacial score (nSPS) is 14.0. The lowest BCUT2D eigenvalue weighted by Crippen LogP contribution is -1.90. The summed E-state index contributed by atoms with van der Waals surface area (Å²) in [5.41, 5.74) is 2.14. The van der Waals surface area contributed by atoms with E-state index in [4.69, 9.17) is 0 Å². The molecule has 1 heterocycles. The number of fused-ring (bicyclic) bond motifs is 2. The van der Waals surface area contributed by atoms with Crippen LogP contribution in [0.3, 0.4) is 0 Å². The first-order valence-electron chi connectivity index (χ1n) is 4.84. The average molecular weight is 185 g/mol. The van der Waals surface area contributed by atoms with Gasteiger partial charge in [0.15, 0.2) is 0 Å². The second kappa shape index (κ2) is 2.64. The minimum atomic E-state index is 0.447.